The van der Waals surface area contributed by atoms with E-state index >= 15 is 0 Å². The third-order valence-electron chi connectivity index (χ3n) is 4.62. The molecule has 2 aromatic rings. The number of nitrogens with zero attached hydrogens (tertiary/aromatic N) is 2. The van der Waals surface area contributed by atoms with Crippen molar-refractivity contribution in [2.24, 2.45) is 0 Å². The highest BCUT2D eigenvalue weighted by Crippen LogP contribution is 2.36. The summed E-state index contributed by atoms with van der Waals surface area (Å²) in [5.41, 5.74) is -1.87. The van der Waals surface area contributed by atoms with Crippen LogP contribution >= 0.6 is 0 Å². The fourth-order valence-electron chi connectivity index (χ4n) is 3.08. The SMILES string of the molecule is CCCCN(CC)c1ncccc1CNCc1cc(C(F)(F)F)cc(C(F)(F)F)c1. The maximum atomic E-state index is 13.0. The number of unbranched alkanes of at least 4 members (excludes halogenated alkanes) is 1. The molecule has 0 radical (unpaired) electrons. The fraction of sp³-hybridized carbons (Fsp3) is 0.476. The molecule has 9 heteroatoms. The van der Waals surface area contributed by atoms with Crippen molar-refractivity contribution in [2.75, 3.05) is 18.0 Å². The van der Waals surface area contributed by atoms with Crippen LogP contribution in [0, 0.1) is 0 Å². The molecule has 0 unspecified atom stereocenters. The zero-order chi connectivity index (χ0) is 22.4. The number of alkyl halides is 6. The number of hydrogen-bond acceptors (Lipinski definition) is 3. The van der Waals surface area contributed by atoms with Crippen LogP contribution in [0.4, 0.5) is 32.2 Å². The topological polar surface area (TPSA) is 28.2 Å². The summed E-state index contributed by atoms with van der Waals surface area (Å²) in [6.07, 6.45) is -6.04. The van der Waals surface area contributed by atoms with E-state index < -0.39 is 23.5 Å². The van der Waals surface area contributed by atoms with Gasteiger partial charge in [-0.25, -0.2) is 4.98 Å². The van der Waals surface area contributed by atoms with E-state index in [1.807, 2.05) is 13.0 Å². The van der Waals surface area contributed by atoms with E-state index in [0.717, 1.165) is 49.4 Å². The molecule has 2 rings (SSSR count). The predicted molar refractivity (Wildman–Crippen MR) is 104 cm³/mol. The maximum absolute atomic E-state index is 13.0. The van der Waals surface area contributed by atoms with Gasteiger partial charge in [0, 0.05) is 37.9 Å². The van der Waals surface area contributed by atoms with Crippen molar-refractivity contribution in [3.05, 3.63) is 58.8 Å². The van der Waals surface area contributed by atoms with Crippen LogP contribution in [0.15, 0.2) is 36.5 Å². The van der Waals surface area contributed by atoms with Gasteiger partial charge in [-0.3, -0.25) is 0 Å². The van der Waals surface area contributed by atoms with Crippen LogP contribution in [0.1, 0.15) is 48.9 Å². The van der Waals surface area contributed by atoms with Gasteiger partial charge in [0.25, 0.3) is 0 Å². The lowest BCUT2D eigenvalue weighted by molar-refractivity contribution is -0.143. The Bertz CT molecular complexity index is 785. The first-order valence-corrected chi connectivity index (χ1v) is 9.74. The van der Waals surface area contributed by atoms with E-state index in [9.17, 15) is 26.3 Å². The van der Waals surface area contributed by atoms with Gasteiger partial charge in [-0.05, 0) is 43.2 Å². The summed E-state index contributed by atoms with van der Waals surface area (Å²) in [7, 11) is 0. The van der Waals surface area contributed by atoms with Gasteiger partial charge in [-0.15, -0.1) is 0 Å². The second kappa shape index (κ2) is 10.1. The minimum Gasteiger partial charge on any atom is -0.357 e. The Morgan fingerprint density at radius 2 is 1.57 bits per heavy atom. The van der Waals surface area contributed by atoms with E-state index in [2.05, 4.69) is 22.1 Å². The molecule has 0 aliphatic heterocycles. The molecule has 1 heterocycles. The standard InChI is InChI=1S/C21H25F6N3/c1-3-5-9-30(4-2)19-16(7-6-8-29-19)14-28-13-15-10-17(20(22,23)24)12-18(11-15)21(25,26)27/h6-8,10-12,28H,3-5,9,13-14H2,1-2H3. The Labute approximate surface area is 172 Å². The minimum absolute atomic E-state index is 0.0825. The number of hydrogen-bond donors (Lipinski definition) is 1. The number of benzene rings is 1. The largest absolute Gasteiger partial charge is 0.416 e. The molecule has 1 aromatic carbocycles. The van der Waals surface area contributed by atoms with Crippen LogP contribution in [-0.2, 0) is 25.4 Å². The molecule has 0 fully saturated rings. The third-order valence-corrected chi connectivity index (χ3v) is 4.62. The Morgan fingerprint density at radius 3 is 2.10 bits per heavy atom. The van der Waals surface area contributed by atoms with E-state index in [1.54, 1.807) is 12.3 Å². The van der Waals surface area contributed by atoms with Crippen molar-refractivity contribution in [1.82, 2.24) is 10.3 Å². The summed E-state index contributed by atoms with van der Waals surface area (Å²) >= 11 is 0. The minimum atomic E-state index is -4.85. The second-order valence-electron chi connectivity index (χ2n) is 6.94. The number of halogens is 6. The summed E-state index contributed by atoms with van der Waals surface area (Å²) in [5, 5.41) is 2.95. The number of nitrogens with one attached hydrogen (secondary N) is 1. The smallest absolute Gasteiger partial charge is 0.357 e. The van der Waals surface area contributed by atoms with Crippen molar-refractivity contribution < 1.29 is 26.3 Å². The van der Waals surface area contributed by atoms with Crippen LogP contribution in [-0.4, -0.2) is 18.1 Å². The summed E-state index contributed by atoms with van der Waals surface area (Å²) in [6.45, 7) is 5.78. The Kier molecular flexibility index (Phi) is 8.11. The maximum Gasteiger partial charge on any atom is 0.416 e. The molecule has 0 amide bonds. The average molecular weight is 433 g/mol. The first-order valence-electron chi connectivity index (χ1n) is 9.74. The predicted octanol–water partition coefficient (Wildman–Crippen LogP) is 6.04. The van der Waals surface area contributed by atoms with Gasteiger partial charge in [0.1, 0.15) is 5.82 Å². The number of aromatic nitrogens is 1. The molecule has 1 aromatic heterocycles. The summed E-state index contributed by atoms with van der Waals surface area (Å²) < 4.78 is 78.0. The Hall–Kier alpha value is -2.29. The molecular weight excluding hydrogens is 408 g/mol. The zero-order valence-corrected chi connectivity index (χ0v) is 16.9. The fourth-order valence-corrected chi connectivity index (χ4v) is 3.08. The van der Waals surface area contributed by atoms with Crippen LogP contribution in [0.5, 0.6) is 0 Å². The molecule has 0 aliphatic rings. The molecule has 30 heavy (non-hydrogen) atoms. The molecule has 0 saturated carbocycles. The van der Waals surface area contributed by atoms with Gasteiger partial charge < -0.3 is 10.2 Å². The molecule has 0 saturated heterocycles. The van der Waals surface area contributed by atoms with E-state index in [0.29, 0.717) is 0 Å². The molecular formula is C21H25F6N3. The number of rotatable bonds is 9. The average Bonchev–Trinajstić information content (AvgIpc) is 2.68. The Balaban J connectivity index is 2.17. The molecule has 166 valence electrons. The summed E-state index contributed by atoms with van der Waals surface area (Å²) in [6, 6.07) is 5.21. The van der Waals surface area contributed by atoms with Crippen molar-refractivity contribution in [1.29, 1.82) is 0 Å². The van der Waals surface area contributed by atoms with Gasteiger partial charge in [0.2, 0.25) is 0 Å². The van der Waals surface area contributed by atoms with Crippen LogP contribution in [0.2, 0.25) is 0 Å². The van der Waals surface area contributed by atoms with Crippen molar-refractivity contribution in [3.8, 4) is 0 Å². The lowest BCUT2D eigenvalue weighted by Crippen LogP contribution is -2.27. The second-order valence-corrected chi connectivity index (χ2v) is 6.94. The van der Waals surface area contributed by atoms with Gasteiger partial charge in [-0.1, -0.05) is 19.4 Å². The zero-order valence-electron chi connectivity index (χ0n) is 16.9. The molecule has 1 N–H and O–H groups in total. The van der Waals surface area contributed by atoms with Crippen molar-refractivity contribution in [3.63, 3.8) is 0 Å². The van der Waals surface area contributed by atoms with E-state index in [1.165, 1.54) is 0 Å². The number of pyridine rings is 1. The summed E-state index contributed by atoms with van der Waals surface area (Å²) in [4.78, 5) is 6.51. The molecule has 3 nitrogen and oxygen atoms in total. The van der Waals surface area contributed by atoms with E-state index in [-0.39, 0.29) is 24.7 Å². The summed E-state index contributed by atoms with van der Waals surface area (Å²) in [5.74, 6) is 0.765. The van der Waals surface area contributed by atoms with Crippen LogP contribution in [0.25, 0.3) is 0 Å². The molecule has 0 aliphatic carbocycles. The number of anilines is 1. The van der Waals surface area contributed by atoms with Gasteiger partial charge >= 0.3 is 12.4 Å². The highest BCUT2D eigenvalue weighted by atomic mass is 19.4. The Morgan fingerprint density at radius 1 is 0.933 bits per heavy atom. The first kappa shape index (κ1) is 24.0. The van der Waals surface area contributed by atoms with Gasteiger partial charge in [0.15, 0.2) is 0 Å². The quantitative estimate of drug-likeness (QED) is 0.489. The van der Waals surface area contributed by atoms with Crippen LogP contribution < -0.4 is 10.2 Å². The first-order chi connectivity index (χ1) is 14.1. The molecule has 0 spiro atoms. The van der Waals surface area contributed by atoms with Gasteiger partial charge in [0.05, 0.1) is 11.1 Å². The van der Waals surface area contributed by atoms with Crippen molar-refractivity contribution >= 4 is 5.82 Å². The van der Waals surface area contributed by atoms with Crippen LogP contribution in [0.3, 0.4) is 0 Å². The highest BCUT2D eigenvalue weighted by Gasteiger charge is 2.36. The third kappa shape index (κ3) is 6.62. The van der Waals surface area contributed by atoms with Crippen molar-refractivity contribution in [2.45, 2.75) is 52.1 Å². The van der Waals surface area contributed by atoms with E-state index in [4.69, 9.17) is 0 Å². The lowest BCUT2D eigenvalue weighted by Gasteiger charge is -2.24. The molecule has 0 bridgehead atoms. The van der Waals surface area contributed by atoms with Gasteiger partial charge in [-0.2, -0.15) is 26.3 Å². The monoisotopic (exact) mass is 433 g/mol. The highest BCUT2D eigenvalue weighted by molar-refractivity contribution is 5.46. The normalized spacial score (nSPS) is 12.3. The molecule has 0 atom stereocenters. The lowest BCUT2D eigenvalue weighted by atomic mass is 10.0.